The molecule has 3 aromatic rings. The summed E-state index contributed by atoms with van der Waals surface area (Å²) in [7, 11) is 0. The molecule has 0 radical (unpaired) electrons. The maximum atomic E-state index is 12.0. The SMILES string of the molecule is O=C(COC(=O)c1ccc2ccccc2n1)NCCc1ccc(Cl)cc1. The molecule has 26 heavy (non-hydrogen) atoms. The lowest BCUT2D eigenvalue weighted by molar-refractivity contribution is -0.124. The highest BCUT2D eigenvalue weighted by molar-refractivity contribution is 6.30. The number of hydrogen-bond donors (Lipinski definition) is 1. The number of carbonyl (C=O) groups is 2. The van der Waals surface area contributed by atoms with Crippen molar-refractivity contribution in [2.24, 2.45) is 0 Å². The molecule has 0 aliphatic heterocycles. The number of amides is 1. The molecule has 0 atom stereocenters. The van der Waals surface area contributed by atoms with Gasteiger partial charge in [0.05, 0.1) is 5.52 Å². The number of hydrogen-bond acceptors (Lipinski definition) is 4. The Morgan fingerprint density at radius 2 is 1.77 bits per heavy atom. The van der Waals surface area contributed by atoms with Crippen molar-refractivity contribution in [2.45, 2.75) is 6.42 Å². The van der Waals surface area contributed by atoms with Crippen molar-refractivity contribution < 1.29 is 14.3 Å². The lowest BCUT2D eigenvalue weighted by Gasteiger charge is -2.07. The molecule has 6 heteroatoms. The van der Waals surface area contributed by atoms with Gasteiger partial charge in [-0.1, -0.05) is 48.0 Å². The van der Waals surface area contributed by atoms with Crippen LogP contribution in [0, 0.1) is 0 Å². The Balaban J connectivity index is 1.45. The molecule has 0 aliphatic rings. The third kappa shape index (κ3) is 4.80. The van der Waals surface area contributed by atoms with Gasteiger partial charge in [-0.05, 0) is 36.2 Å². The number of fused-ring (bicyclic) bond motifs is 1. The van der Waals surface area contributed by atoms with Crippen molar-refractivity contribution >= 4 is 34.4 Å². The van der Waals surface area contributed by atoms with Gasteiger partial charge in [-0.25, -0.2) is 9.78 Å². The number of pyridine rings is 1. The van der Waals surface area contributed by atoms with E-state index in [4.69, 9.17) is 16.3 Å². The van der Waals surface area contributed by atoms with Crippen molar-refractivity contribution in [3.8, 4) is 0 Å². The molecule has 2 aromatic carbocycles. The number of esters is 1. The van der Waals surface area contributed by atoms with Crippen LogP contribution in [0.25, 0.3) is 10.9 Å². The van der Waals surface area contributed by atoms with E-state index in [1.807, 2.05) is 36.4 Å². The first-order chi connectivity index (χ1) is 12.6. The van der Waals surface area contributed by atoms with Crippen LogP contribution in [0.2, 0.25) is 5.02 Å². The number of rotatable bonds is 6. The van der Waals surface area contributed by atoms with Crippen LogP contribution < -0.4 is 5.32 Å². The molecule has 0 saturated carbocycles. The molecule has 0 saturated heterocycles. The number of carbonyl (C=O) groups excluding carboxylic acids is 2. The molecular formula is C20H17ClN2O3. The van der Waals surface area contributed by atoms with Crippen LogP contribution in [-0.4, -0.2) is 30.0 Å². The highest BCUT2D eigenvalue weighted by atomic mass is 35.5. The van der Waals surface area contributed by atoms with E-state index in [1.54, 1.807) is 24.3 Å². The second kappa shape index (κ2) is 8.45. The molecule has 0 fully saturated rings. The Morgan fingerprint density at radius 3 is 2.58 bits per heavy atom. The summed E-state index contributed by atoms with van der Waals surface area (Å²) in [6.45, 7) is 0.111. The van der Waals surface area contributed by atoms with Crippen LogP contribution in [0.5, 0.6) is 0 Å². The van der Waals surface area contributed by atoms with E-state index < -0.39 is 5.97 Å². The molecule has 0 spiro atoms. The van der Waals surface area contributed by atoms with Gasteiger partial charge in [0.15, 0.2) is 6.61 Å². The minimum atomic E-state index is -0.622. The number of nitrogens with one attached hydrogen (secondary N) is 1. The topological polar surface area (TPSA) is 68.3 Å². The number of halogens is 1. The zero-order chi connectivity index (χ0) is 18.4. The van der Waals surface area contributed by atoms with Gasteiger partial charge in [-0.3, -0.25) is 4.79 Å². The summed E-state index contributed by atoms with van der Waals surface area (Å²) in [5.74, 6) is -0.975. The zero-order valence-corrected chi connectivity index (χ0v) is 14.7. The van der Waals surface area contributed by atoms with Gasteiger partial charge in [-0.2, -0.15) is 0 Å². The third-order valence-electron chi connectivity index (χ3n) is 3.79. The number of nitrogens with zero attached hydrogens (tertiary/aromatic N) is 1. The summed E-state index contributed by atoms with van der Waals surface area (Å²) in [5, 5.41) is 4.32. The van der Waals surface area contributed by atoms with Crippen LogP contribution in [0.3, 0.4) is 0 Å². The quantitative estimate of drug-likeness (QED) is 0.677. The zero-order valence-electron chi connectivity index (χ0n) is 13.9. The lowest BCUT2D eigenvalue weighted by atomic mass is 10.1. The summed E-state index contributed by atoms with van der Waals surface area (Å²) in [5.41, 5.74) is 1.94. The van der Waals surface area contributed by atoms with Gasteiger partial charge >= 0.3 is 5.97 Å². The second-order valence-corrected chi connectivity index (χ2v) is 6.13. The van der Waals surface area contributed by atoms with Crippen LogP contribution in [-0.2, 0) is 16.0 Å². The van der Waals surface area contributed by atoms with Crippen molar-refractivity contribution in [1.82, 2.24) is 10.3 Å². The van der Waals surface area contributed by atoms with E-state index in [-0.39, 0.29) is 18.2 Å². The van der Waals surface area contributed by atoms with E-state index in [0.717, 1.165) is 10.9 Å². The highest BCUT2D eigenvalue weighted by Gasteiger charge is 2.12. The average molecular weight is 369 g/mol. The number of para-hydroxylation sites is 1. The molecule has 0 bridgehead atoms. The smallest absolute Gasteiger partial charge is 0.357 e. The third-order valence-corrected chi connectivity index (χ3v) is 4.04. The fraction of sp³-hybridized carbons (Fsp3) is 0.150. The number of ether oxygens (including phenoxy) is 1. The number of benzene rings is 2. The standard InChI is InChI=1S/C20H17ClN2O3/c21-16-8-5-14(6-9-16)11-12-22-19(24)13-26-20(25)18-10-7-15-3-1-2-4-17(15)23-18/h1-10H,11-13H2,(H,22,24). The van der Waals surface area contributed by atoms with E-state index in [0.29, 0.717) is 23.5 Å². The van der Waals surface area contributed by atoms with Crippen molar-refractivity contribution in [3.63, 3.8) is 0 Å². The fourth-order valence-electron chi connectivity index (χ4n) is 2.43. The fourth-order valence-corrected chi connectivity index (χ4v) is 2.56. The molecule has 132 valence electrons. The van der Waals surface area contributed by atoms with E-state index in [9.17, 15) is 9.59 Å². The Bertz CT molecular complexity index is 926. The monoisotopic (exact) mass is 368 g/mol. The van der Waals surface area contributed by atoms with Crippen LogP contribution >= 0.6 is 11.6 Å². The molecule has 1 aromatic heterocycles. The van der Waals surface area contributed by atoms with Crippen LogP contribution in [0.4, 0.5) is 0 Å². The van der Waals surface area contributed by atoms with E-state index in [1.165, 1.54) is 0 Å². The van der Waals surface area contributed by atoms with Gasteiger partial charge in [0.25, 0.3) is 5.91 Å². The Hall–Kier alpha value is -2.92. The molecule has 5 nitrogen and oxygen atoms in total. The van der Waals surface area contributed by atoms with Crippen molar-refractivity contribution in [2.75, 3.05) is 13.2 Å². The van der Waals surface area contributed by atoms with Crippen LogP contribution in [0.1, 0.15) is 16.1 Å². The second-order valence-electron chi connectivity index (χ2n) is 5.69. The van der Waals surface area contributed by atoms with Gasteiger partial charge in [0.1, 0.15) is 5.69 Å². The summed E-state index contributed by atoms with van der Waals surface area (Å²) in [6.07, 6.45) is 0.670. The highest BCUT2D eigenvalue weighted by Crippen LogP contribution is 2.12. The summed E-state index contributed by atoms with van der Waals surface area (Å²) >= 11 is 5.83. The minimum Gasteiger partial charge on any atom is -0.451 e. The molecule has 1 N–H and O–H groups in total. The first-order valence-corrected chi connectivity index (χ1v) is 8.54. The van der Waals surface area contributed by atoms with Gasteiger partial charge in [0, 0.05) is 17.0 Å². The molecular weight excluding hydrogens is 352 g/mol. The maximum absolute atomic E-state index is 12.0. The van der Waals surface area contributed by atoms with Crippen molar-refractivity contribution in [3.05, 3.63) is 76.9 Å². The number of aromatic nitrogens is 1. The Morgan fingerprint density at radius 1 is 1.00 bits per heavy atom. The average Bonchev–Trinajstić information content (AvgIpc) is 2.67. The maximum Gasteiger partial charge on any atom is 0.357 e. The Kier molecular flexibility index (Phi) is 5.81. The predicted molar refractivity (Wildman–Crippen MR) is 100 cm³/mol. The summed E-state index contributed by atoms with van der Waals surface area (Å²) in [4.78, 5) is 28.1. The summed E-state index contributed by atoms with van der Waals surface area (Å²) < 4.78 is 5.03. The van der Waals surface area contributed by atoms with Crippen molar-refractivity contribution in [1.29, 1.82) is 0 Å². The lowest BCUT2D eigenvalue weighted by Crippen LogP contribution is -2.30. The van der Waals surface area contributed by atoms with Crippen LogP contribution in [0.15, 0.2) is 60.7 Å². The molecule has 0 unspecified atom stereocenters. The molecule has 1 heterocycles. The molecule has 3 rings (SSSR count). The molecule has 0 aliphatic carbocycles. The van der Waals surface area contributed by atoms with E-state index in [2.05, 4.69) is 10.3 Å². The minimum absolute atomic E-state index is 0.178. The van der Waals surface area contributed by atoms with Gasteiger partial charge in [-0.15, -0.1) is 0 Å². The normalized spacial score (nSPS) is 10.5. The first kappa shape index (κ1) is 17.9. The molecule has 1 amide bonds. The van der Waals surface area contributed by atoms with Gasteiger partial charge in [0.2, 0.25) is 0 Å². The van der Waals surface area contributed by atoms with Gasteiger partial charge < -0.3 is 10.1 Å². The predicted octanol–water partition coefficient (Wildman–Crippen LogP) is 3.40. The first-order valence-electron chi connectivity index (χ1n) is 8.16. The Labute approximate surface area is 156 Å². The summed E-state index contributed by atoms with van der Waals surface area (Å²) in [6, 6.07) is 18.3. The van der Waals surface area contributed by atoms with E-state index >= 15 is 0 Å². The largest absolute Gasteiger partial charge is 0.451 e.